The van der Waals surface area contributed by atoms with Crippen LogP contribution in [0.2, 0.25) is 0 Å². The zero-order valence-electron chi connectivity index (χ0n) is 11.7. The molecule has 2 aromatic rings. The molecule has 1 fully saturated rings. The minimum atomic E-state index is 0.575. The van der Waals surface area contributed by atoms with Crippen LogP contribution in [0.5, 0.6) is 0 Å². The number of benzene rings is 1. The Morgan fingerprint density at radius 1 is 1.35 bits per heavy atom. The number of rotatable bonds is 7. The molecule has 1 heterocycles. The summed E-state index contributed by atoms with van der Waals surface area (Å²) in [6.07, 6.45) is 4.71. The summed E-state index contributed by atoms with van der Waals surface area (Å²) in [6, 6.07) is 8.09. The molecule has 5 nitrogen and oxygen atoms in total. The third kappa shape index (κ3) is 3.23. The van der Waals surface area contributed by atoms with Crippen molar-refractivity contribution in [1.82, 2.24) is 20.3 Å². The molecular formula is C15H20N4O. The summed E-state index contributed by atoms with van der Waals surface area (Å²) in [4.78, 5) is 0. The first-order valence-corrected chi connectivity index (χ1v) is 7.06. The Hall–Kier alpha value is -1.72. The van der Waals surface area contributed by atoms with E-state index in [4.69, 9.17) is 4.74 Å². The zero-order chi connectivity index (χ0) is 13.8. The quantitative estimate of drug-likeness (QED) is 0.836. The highest BCUT2D eigenvalue weighted by Gasteiger charge is 2.20. The summed E-state index contributed by atoms with van der Waals surface area (Å²) in [7, 11) is 1.70. The number of nitrogens with zero attached hydrogens (tertiary/aromatic N) is 3. The van der Waals surface area contributed by atoms with Crippen LogP contribution in [-0.2, 0) is 17.9 Å². The van der Waals surface area contributed by atoms with Crippen LogP contribution in [0.25, 0.3) is 5.69 Å². The Morgan fingerprint density at radius 2 is 2.20 bits per heavy atom. The Kier molecular flexibility index (Phi) is 4.08. The molecule has 3 rings (SSSR count). The molecule has 0 spiro atoms. The smallest absolute Gasteiger partial charge is 0.0969 e. The number of para-hydroxylation sites is 1. The van der Waals surface area contributed by atoms with Gasteiger partial charge in [0.2, 0.25) is 0 Å². The van der Waals surface area contributed by atoms with Gasteiger partial charge >= 0.3 is 0 Å². The van der Waals surface area contributed by atoms with Crippen LogP contribution in [0.3, 0.4) is 0 Å². The van der Waals surface area contributed by atoms with E-state index < -0.39 is 0 Å². The van der Waals surface area contributed by atoms with Gasteiger partial charge in [0.05, 0.1) is 24.2 Å². The van der Waals surface area contributed by atoms with Crippen LogP contribution in [0, 0.1) is 5.92 Å². The predicted molar refractivity (Wildman–Crippen MR) is 76.5 cm³/mol. The first-order valence-electron chi connectivity index (χ1n) is 7.06. The van der Waals surface area contributed by atoms with E-state index in [2.05, 4.69) is 15.6 Å². The molecular weight excluding hydrogens is 252 g/mol. The lowest BCUT2D eigenvalue weighted by Gasteiger charge is -2.07. The minimum Gasteiger partial charge on any atom is -0.380 e. The molecule has 1 aromatic heterocycles. The molecule has 0 bridgehead atoms. The van der Waals surface area contributed by atoms with E-state index in [1.54, 1.807) is 7.11 Å². The second-order valence-corrected chi connectivity index (χ2v) is 5.29. The van der Waals surface area contributed by atoms with Gasteiger partial charge < -0.3 is 10.1 Å². The molecule has 0 radical (unpaired) electrons. The lowest BCUT2D eigenvalue weighted by molar-refractivity contribution is 0.184. The molecule has 1 aliphatic carbocycles. The van der Waals surface area contributed by atoms with Crippen molar-refractivity contribution in [2.24, 2.45) is 5.92 Å². The fourth-order valence-electron chi connectivity index (χ4n) is 2.24. The Morgan fingerprint density at radius 3 is 3.00 bits per heavy atom. The molecule has 5 heteroatoms. The molecule has 1 aliphatic rings. The number of nitrogens with one attached hydrogen (secondary N) is 1. The first-order chi connectivity index (χ1) is 9.86. The van der Waals surface area contributed by atoms with Gasteiger partial charge in [0.1, 0.15) is 0 Å². The summed E-state index contributed by atoms with van der Waals surface area (Å²) >= 11 is 0. The fraction of sp³-hybridized carbons (Fsp3) is 0.467. The van der Waals surface area contributed by atoms with Gasteiger partial charge in [0, 0.05) is 19.2 Å². The molecule has 0 amide bonds. The topological polar surface area (TPSA) is 52.0 Å². The molecule has 20 heavy (non-hydrogen) atoms. The third-order valence-corrected chi connectivity index (χ3v) is 3.52. The highest BCUT2D eigenvalue weighted by molar-refractivity contribution is 5.39. The number of aromatic nitrogens is 3. The SMILES string of the molecule is COCc1ccccc1-n1cc(CNCC2CC2)nn1. The van der Waals surface area contributed by atoms with Gasteiger partial charge in [-0.3, -0.25) is 0 Å². The second kappa shape index (κ2) is 6.15. The average Bonchev–Trinajstić information content (AvgIpc) is 3.17. The normalized spacial score (nSPS) is 14.7. The predicted octanol–water partition coefficient (Wildman–Crippen LogP) is 1.91. The van der Waals surface area contributed by atoms with Gasteiger partial charge in [-0.25, -0.2) is 4.68 Å². The van der Waals surface area contributed by atoms with Crippen LogP contribution >= 0.6 is 0 Å². The average molecular weight is 272 g/mol. The van der Waals surface area contributed by atoms with E-state index in [1.807, 2.05) is 35.1 Å². The van der Waals surface area contributed by atoms with E-state index in [9.17, 15) is 0 Å². The van der Waals surface area contributed by atoms with Crippen LogP contribution in [0.15, 0.2) is 30.5 Å². The monoisotopic (exact) mass is 272 g/mol. The summed E-state index contributed by atoms with van der Waals surface area (Å²) in [5.41, 5.74) is 3.10. The maximum Gasteiger partial charge on any atom is 0.0969 e. The largest absolute Gasteiger partial charge is 0.380 e. The standard InChI is InChI=1S/C15H20N4O/c1-20-11-13-4-2-3-5-15(13)19-10-14(17-18-19)9-16-8-12-6-7-12/h2-5,10,12,16H,6-9,11H2,1H3. The molecule has 0 atom stereocenters. The summed E-state index contributed by atoms with van der Waals surface area (Å²) in [5.74, 6) is 0.882. The zero-order valence-corrected chi connectivity index (χ0v) is 11.7. The van der Waals surface area contributed by atoms with Crippen molar-refractivity contribution in [2.45, 2.75) is 26.0 Å². The van der Waals surface area contributed by atoms with Crippen LogP contribution in [0.4, 0.5) is 0 Å². The van der Waals surface area contributed by atoms with Crippen molar-refractivity contribution < 1.29 is 4.74 Å². The van der Waals surface area contributed by atoms with Crippen molar-refractivity contribution >= 4 is 0 Å². The van der Waals surface area contributed by atoms with Crippen molar-refractivity contribution in [3.63, 3.8) is 0 Å². The third-order valence-electron chi connectivity index (χ3n) is 3.52. The van der Waals surface area contributed by atoms with Gasteiger partial charge in [0.25, 0.3) is 0 Å². The lowest BCUT2D eigenvalue weighted by Crippen LogP contribution is -2.16. The lowest BCUT2D eigenvalue weighted by atomic mass is 10.2. The fourth-order valence-corrected chi connectivity index (χ4v) is 2.24. The number of hydrogen-bond donors (Lipinski definition) is 1. The minimum absolute atomic E-state index is 0.575. The van der Waals surface area contributed by atoms with Crippen molar-refractivity contribution in [3.05, 3.63) is 41.7 Å². The van der Waals surface area contributed by atoms with E-state index in [0.717, 1.165) is 36.0 Å². The number of methoxy groups -OCH3 is 1. The molecule has 1 saturated carbocycles. The Bertz CT molecular complexity index is 563. The molecule has 0 aliphatic heterocycles. The van der Waals surface area contributed by atoms with Gasteiger partial charge in [-0.05, 0) is 31.4 Å². The maximum atomic E-state index is 5.22. The van der Waals surface area contributed by atoms with E-state index in [0.29, 0.717) is 6.61 Å². The van der Waals surface area contributed by atoms with E-state index in [1.165, 1.54) is 12.8 Å². The van der Waals surface area contributed by atoms with Gasteiger partial charge in [-0.15, -0.1) is 5.10 Å². The van der Waals surface area contributed by atoms with E-state index in [-0.39, 0.29) is 0 Å². The number of hydrogen-bond acceptors (Lipinski definition) is 4. The summed E-state index contributed by atoms with van der Waals surface area (Å²) in [5, 5.41) is 11.9. The highest BCUT2D eigenvalue weighted by atomic mass is 16.5. The van der Waals surface area contributed by atoms with Crippen LogP contribution in [-0.4, -0.2) is 28.6 Å². The van der Waals surface area contributed by atoms with Crippen molar-refractivity contribution in [3.8, 4) is 5.69 Å². The highest BCUT2D eigenvalue weighted by Crippen LogP contribution is 2.27. The van der Waals surface area contributed by atoms with Crippen LogP contribution < -0.4 is 5.32 Å². The summed E-state index contributed by atoms with van der Waals surface area (Å²) < 4.78 is 7.04. The Labute approximate surface area is 118 Å². The molecule has 0 unspecified atom stereocenters. The summed E-state index contributed by atoms with van der Waals surface area (Å²) in [6.45, 7) is 2.45. The van der Waals surface area contributed by atoms with Gasteiger partial charge in [-0.2, -0.15) is 0 Å². The van der Waals surface area contributed by atoms with Crippen molar-refractivity contribution in [2.75, 3.05) is 13.7 Å². The van der Waals surface area contributed by atoms with E-state index >= 15 is 0 Å². The molecule has 1 N–H and O–H groups in total. The number of ether oxygens (including phenoxy) is 1. The Balaban J connectivity index is 1.68. The molecule has 1 aromatic carbocycles. The molecule has 106 valence electrons. The molecule has 0 saturated heterocycles. The van der Waals surface area contributed by atoms with Crippen LogP contribution in [0.1, 0.15) is 24.1 Å². The second-order valence-electron chi connectivity index (χ2n) is 5.29. The van der Waals surface area contributed by atoms with Crippen molar-refractivity contribution in [1.29, 1.82) is 0 Å². The first kappa shape index (κ1) is 13.3. The maximum absolute atomic E-state index is 5.22. The van der Waals surface area contributed by atoms with Gasteiger partial charge in [-0.1, -0.05) is 23.4 Å². The van der Waals surface area contributed by atoms with Gasteiger partial charge in [0.15, 0.2) is 0 Å².